The van der Waals surface area contributed by atoms with Gasteiger partial charge in [-0.15, -0.1) is 11.3 Å². The van der Waals surface area contributed by atoms with Crippen LogP contribution in [0.5, 0.6) is 0 Å². The predicted molar refractivity (Wildman–Crippen MR) is 202 cm³/mol. The number of nitrogens with zero attached hydrogens (tertiary/aromatic N) is 4. The fraction of sp³-hybridized carbons (Fsp3) is 0. The molecule has 0 aliphatic rings. The van der Waals surface area contributed by atoms with Crippen molar-refractivity contribution >= 4 is 81.2 Å². The van der Waals surface area contributed by atoms with Gasteiger partial charge in [-0.1, -0.05) is 97.1 Å². The molecule has 4 aromatic heterocycles. The third kappa shape index (κ3) is 3.46. The average Bonchev–Trinajstić information content (AvgIpc) is 3.88. The summed E-state index contributed by atoms with van der Waals surface area (Å²) in [5.41, 5.74) is 11.5. The van der Waals surface area contributed by atoms with Gasteiger partial charge in [-0.25, -0.2) is 4.98 Å². The van der Waals surface area contributed by atoms with Crippen LogP contribution in [0.4, 0.5) is 0 Å². The summed E-state index contributed by atoms with van der Waals surface area (Å²) in [6, 6.07) is 56.9. The second-order valence-corrected chi connectivity index (χ2v) is 13.5. The molecule has 0 amide bonds. The van der Waals surface area contributed by atoms with Crippen molar-refractivity contribution in [1.82, 2.24) is 18.5 Å². The maximum atomic E-state index is 5.19. The third-order valence-corrected chi connectivity index (χ3v) is 11.1. The van der Waals surface area contributed by atoms with Gasteiger partial charge in [0.15, 0.2) is 0 Å². The number of hydrogen-bond donors (Lipinski definition) is 0. The van der Waals surface area contributed by atoms with Gasteiger partial charge >= 0.3 is 0 Å². The summed E-state index contributed by atoms with van der Waals surface area (Å²) in [6.07, 6.45) is 0. The summed E-state index contributed by atoms with van der Waals surface area (Å²) < 4.78 is 9.71. The molecule has 0 atom stereocenters. The predicted octanol–water partition coefficient (Wildman–Crippen LogP) is 11.6. The van der Waals surface area contributed by atoms with E-state index in [0.717, 1.165) is 44.7 Å². The van der Waals surface area contributed by atoms with E-state index >= 15 is 0 Å². The molecular formula is C43H26N4S. The Hall–Kier alpha value is -6.17. The van der Waals surface area contributed by atoms with Crippen LogP contribution in [-0.2, 0) is 0 Å². The Kier molecular flexibility index (Phi) is 5.23. The zero-order valence-corrected chi connectivity index (χ0v) is 26.5. The lowest BCUT2D eigenvalue weighted by molar-refractivity contribution is 1.12. The van der Waals surface area contributed by atoms with Crippen LogP contribution in [0, 0.1) is 0 Å². The molecule has 0 aliphatic carbocycles. The summed E-state index contributed by atoms with van der Waals surface area (Å²) in [6.45, 7) is 0. The molecule has 11 rings (SSSR count). The number of fused-ring (bicyclic) bond motifs is 11. The van der Waals surface area contributed by atoms with Crippen LogP contribution in [0.15, 0.2) is 158 Å². The molecule has 0 unspecified atom stereocenters. The standard InChI is InChI=1S/C43H26N4S/c1-4-19-34-32(15-1)41-38(23-11-24-39(41)47-37-22-7-6-21-36(37)46-35-20-5-3-18-33(35)44-43(46)47)45(34)28-13-9-12-27(26-28)29-16-10-17-31-30-14-2-8-25-40(30)48-42(29)31/h1-26H. The molecule has 48 heavy (non-hydrogen) atoms. The number of rotatable bonds is 3. The van der Waals surface area contributed by atoms with Gasteiger partial charge in [-0.2, -0.15) is 0 Å². The first-order valence-electron chi connectivity index (χ1n) is 16.2. The molecule has 11 aromatic rings. The Morgan fingerprint density at radius 2 is 1.17 bits per heavy atom. The largest absolute Gasteiger partial charge is 0.309 e. The highest BCUT2D eigenvalue weighted by Gasteiger charge is 2.22. The van der Waals surface area contributed by atoms with Crippen molar-refractivity contribution in [2.45, 2.75) is 0 Å². The molecule has 0 saturated carbocycles. The average molecular weight is 631 g/mol. The second-order valence-electron chi connectivity index (χ2n) is 12.4. The summed E-state index contributed by atoms with van der Waals surface area (Å²) in [7, 11) is 0. The molecule has 0 N–H and O–H groups in total. The third-order valence-electron chi connectivity index (χ3n) is 9.84. The number of thiophene rings is 1. The van der Waals surface area contributed by atoms with Crippen molar-refractivity contribution < 1.29 is 0 Å². The maximum absolute atomic E-state index is 5.19. The van der Waals surface area contributed by atoms with Crippen molar-refractivity contribution in [1.29, 1.82) is 0 Å². The summed E-state index contributed by atoms with van der Waals surface area (Å²) in [5.74, 6) is 0.917. The second kappa shape index (κ2) is 9.67. The number of benzene rings is 7. The molecule has 5 heteroatoms. The lowest BCUT2D eigenvalue weighted by Gasteiger charge is -2.12. The van der Waals surface area contributed by atoms with E-state index < -0.39 is 0 Å². The Morgan fingerprint density at radius 3 is 2.08 bits per heavy atom. The Bertz CT molecular complexity index is 3080. The molecule has 0 spiro atoms. The fourth-order valence-corrected chi connectivity index (χ4v) is 9.08. The number of para-hydroxylation sites is 5. The van der Waals surface area contributed by atoms with Gasteiger partial charge in [0.1, 0.15) is 0 Å². The maximum Gasteiger partial charge on any atom is 0.220 e. The van der Waals surface area contributed by atoms with Gasteiger partial charge < -0.3 is 4.57 Å². The quantitative estimate of drug-likeness (QED) is 0.191. The molecule has 0 radical (unpaired) electrons. The van der Waals surface area contributed by atoms with Crippen LogP contribution >= 0.6 is 11.3 Å². The summed E-state index contributed by atoms with van der Waals surface area (Å²) in [4.78, 5) is 5.19. The van der Waals surface area contributed by atoms with E-state index in [-0.39, 0.29) is 0 Å². The van der Waals surface area contributed by atoms with E-state index in [0.29, 0.717) is 0 Å². The van der Waals surface area contributed by atoms with Gasteiger partial charge in [0.2, 0.25) is 5.78 Å². The zero-order chi connectivity index (χ0) is 31.3. The van der Waals surface area contributed by atoms with Gasteiger partial charge in [-0.05, 0) is 71.8 Å². The van der Waals surface area contributed by atoms with Gasteiger partial charge in [0.25, 0.3) is 0 Å². The molecule has 0 fully saturated rings. The SMILES string of the molecule is c1cc(-c2cccc3c2sc2ccccc23)cc(-n2c3ccccc3c3c(-n4c5ccccc5n5c6ccccc6nc45)cccc32)c1. The molecule has 4 nitrogen and oxygen atoms in total. The fourth-order valence-electron chi connectivity index (χ4n) is 7.84. The zero-order valence-electron chi connectivity index (χ0n) is 25.7. The van der Waals surface area contributed by atoms with Gasteiger partial charge in [0, 0.05) is 36.6 Å². The minimum absolute atomic E-state index is 0.917. The highest BCUT2D eigenvalue weighted by Crippen LogP contribution is 2.42. The number of hydrogen-bond acceptors (Lipinski definition) is 2. The first-order valence-corrected chi connectivity index (χ1v) is 17.1. The molecule has 0 bridgehead atoms. The lowest BCUT2D eigenvalue weighted by Crippen LogP contribution is -1.97. The lowest BCUT2D eigenvalue weighted by atomic mass is 10.0. The Labute approximate surface area is 279 Å². The van der Waals surface area contributed by atoms with Crippen molar-refractivity contribution in [3.63, 3.8) is 0 Å². The van der Waals surface area contributed by atoms with E-state index in [4.69, 9.17) is 4.98 Å². The van der Waals surface area contributed by atoms with E-state index in [9.17, 15) is 0 Å². The Balaban J connectivity index is 1.19. The van der Waals surface area contributed by atoms with Crippen LogP contribution in [0.25, 0.3) is 92.3 Å². The Morgan fingerprint density at radius 1 is 0.479 bits per heavy atom. The summed E-state index contributed by atoms with van der Waals surface area (Å²) >= 11 is 1.88. The minimum Gasteiger partial charge on any atom is -0.309 e. The normalized spacial score (nSPS) is 12.2. The molecular weight excluding hydrogens is 605 g/mol. The van der Waals surface area contributed by atoms with Crippen LogP contribution in [0.2, 0.25) is 0 Å². The number of aromatic nitrogens is 4. The molecule has 224 valence electrons. The van der Waals surface area contributed by atoms with E-state index in [1.165, 1.54) is 47.6 Å². The van der Waals surface area contributed by atoms with Crippen LogP contribution in [0.3, 0.4) is 0 Å². The highest BCUT2D eigenvalue weighted by molar-refractivity contribution is 7.26. The molecule has 4 heterocycles. The van der Waals surface area contributed by atoms with Gasteiger partial charge in [-0.3, -0.25) is 8.97 Å². The molecule has 0 aliphatic heterocycles. The van der Waals surface area contributed by atoms with Crippen LogP contribution in [-0.4, -0.2) is 18.5 Å². The van der Waals surface area contributed by atoms with Crippen molar-refractivity contribution in [3.05, 3.63) is 158 Å². The highest BCUT2D eigenvalue weighted by atomic mass is 32.1. The number of imidazole rings is 2. The summed E-state index contributed by atoms with van der Waals surface area (Å²) in [5, 5.41) is 5.06. The van der Waals surface area contributed by atoms with Crippen LogP contribution in [0.1, 0.15) is 0 Å². The molecule has 0 saturated heterocycles. The topological polar surface area (TPSA) is 27.2 Å². The van der Waals surface area contributed by atoms with E-state index in [1.54, 1.807) is 0 Å². The van der Waals surface area contributed by atoms with Gasteiger partial charge in [0.05, 0.1) is 38.8 Å². The molecule has 7 aromatic carbocycles. The monoisotopic (exact) mass is 630 g/mol. The van der Waals surface area contributed by atoms with E-state index in [2.05, 4.69) is 171 Å². The first kappa shape index (κ1) is 26.0. The van der Waals surface area contributed by atoms with Crippen LogP contribution < -0.4 is 0 Å². The smallest absolute Gasteiger partial charge is 0.220 e. The van der Waals surface area contributed by atoms with Crippen molar-refractivity contribution in [2.24, 2.45) is 0 Å². The van der Waals surface area contributed by atoms with E-state index in [1.807, 2.05) is 11.3 Å². The minimum atomic E-state index is 0.917. The van der Waals surface area contributed by atoms with Crippen molar-refractivity contribution in [2.75, 3.05) is 0 Å². The van der Waals surface area contributed by atoms with Crippen molar-refractivity contribution in [3.8, 4) is 22.5 Å². The first-order chi connectivity index (χ1) is 23.8.